The van der Waals surface area contributed by atoms with Crippen LogP contribution in [0.1, 0.15) is 19.8 Å². The zero-order chi connectivity index (χ0) is 18.3. The molecule has 0 N–H and O–H groups in total. The van der Waals surface area contributed by atoms with E-state index in [2.05, 4.69) is 125 Å². The normalized spacial score (nSPS) is 12.5. The summed E-state index contributed by atoms with van der Waals surface area (Å²) in [5, 5.41) is 1.29. The summed E-state index contributed by atoms with van der Waals surface area (Å²) in [5.41, 5.74) is 0. The van der Waals surface area contributed by atoms with Crippen molar-refractivity contribution in [2.45, 2.75) is 19.8 Å². The van der Waals surface area contributed by atoms with Gasteiger partial charge in [0.25, 0.3) is 0 Å². The van der Waals surface area contributed by atoms with Crippen molar-refractivity contribution < 1.29 is 0 Å². The van der Waals surface area contributed by atoms with Crippen molar-refractivity contribution in [3.8, 4) is 11.8 Å². The first-order chi connectivity index (χ1) is 12.7. The molecule has 0 aliphatic heterocycles. The molecule has 3 aromatic rings. The third-order valence-electron chi connectivity index (χ3n) is 4.84. The Labute approximate surface area is 165 Å². The van der Waals surface area contributed by atoms with Crippen LogP contribution in [0.3, 0.4) is 0 Å². The summed E-state index contributed by atoms with van der Waals surface area (Å²) in [4.78, 5) is 0. The second kappa shape index (κ2) is 8.22. The second-order valence-corrected chi connectivity index (χ2v) is 15.4. The molecule has 0 atom stereocenters. The van der Waals surface area contributed by atoms with Crippen LogP contribution in [0, 0.1) is 11.8 Å². The summed E-state index contributed by atoms with van der Waals surface area (Å²) in [6.07, 6.45) is 2.76. The molecule has 0 unspecified atom stereocenters. The van der Waals surface area contributed by atoms with E-state index in [9.17, 15) is 0 Å². The van der Waals surface area contributed by atoms with Gasteiger partial charge in [-0.3, -0.25) is 0 Å². The van der Waals surface area contributed by atoms with Gasteiger partial charge in [-0.05, 0) is 0 Å². The van der Waals surface area contributed by atoms with Gasteiger partial charge in [-0.1, -0.05) is 0 Å². The Kier molecular flexibility index (Phi) is 5.98. The Morgan fingerprint density at radius 2 is 1.04 bits per heavy atom. The van der Waals surface area contributed by atoms with E-state index in [1.54, 1.807) is 0 Å². The molecule has 0 radical (unpaired) electrons. The molecule has 0 saturated carbocycles. The van der Waals surface area contributed by atoms with Crippen LogP contribution in [0.5, 0.6) is 0 Å². The van der Waals surface area contributed by atoms with E-state index >= 15 is 0 Å². The van der Waals surface area contributed by atoms with Gasteiger partial charge in [-0.15, -0.1) is 0 Å². The quantitative estimate of drug-likeness (QED) is 0.369. The predicted molar refractivity (Wildman–Crippen MR) is 122 cm³/mol. The fourth-order valence-corrected chi connectivity index (χ4v) is 10.8. The molecule has 0 spiro atoms. The molecule has 0 fully saturated rings. The molecule has 0 heterocycles. The molecule has 2 heteroatoms. The fourth-order valence-electron chi connectivity index (χ4n) is 3.53. The minimum absolute atomic E-state index is 0.871. The van der Waals surface area contributed by atoms with Crippen molar-refractivity contribution in [1.82, 2.24) is 0 Å². The molecule has 0 aromatic heterocycles. The number of hydrogen-bond donors (Lipinski definition) is 0. The van der Waals surface area contributed by atoms with Gasteiger partial charge in [0, 0.05) is 0 Å². The zero-order valence-electron chi connectivity index (χ0n) is 15.1. The number of benzene rings is 3. The monoisotopic (exact) mass is 422 g/mol. The van der Waals surface area contributed by atoms with Gasteiger partial charge < -0.3 is 0 Å². The fraction of sp³-hybridized carbons (Fsp3) is 0.167. The van der Waals surface area contributed by atoms with Crippen molar-refractivity contribution in [3.05, 3.63) is 91.0 Å². The first-order valence-corrected chi connectivity index (χ1v) is 13.5. The van der Waals surface area contributed by atoms with Crippen LogP contribution in [-0.4, -0.2) is 6.16 Å². The van der Waals surface area contributed by atoms with E-state index in [0.29, 0.717) is 0 Å². The van der Waals surface area contributed by atoms with Crippen LogP contribution in [-0.2, 0) is 0 Å². The first-order valence-electron chi connectivity index (χ1n) is 9.05. The molecule has 0 aliphatic carbocycles. The predicted octanol–water partition coefficient (Wildman–Crippen LogP) is 5.63. The molecule has 26 heavy (non-hydrogen) atoms. The summed E-state index contributed by atoms with van der Waals surface area (Å²) in [7, 11) is 0. The van der Waals surface area contributed by atoms with Crippen LogP contribution < -0.4 is 15.9 Å². The Hall–Kier alpha value is -1.87. The van der Waals surface area contributed by atoms with Crippen molar-refractivity contribution >= 4 is 36.7 Å². The molecule has 0 saturated heterocycles. The third kappa shape index (κ3) is 3.37. The van der Waals surface area contributed by atoms with Gasteiger partial charge in [0.05, 0.1) is 0 Å². The maximum absolute atomic E-state index is 4.43. The van der Waals surface area contributed by atoms with Gasteiger partial charge >= 0.3 is 165 Å². The van der Waals surface area contributed by atoms with Crippen molar-refractivity contribution in [3.63, 3.8) is 0 Å². The average Bonchev–Trinajstić information content (AvgIpc) is 2.73. The molecule has 132 valence electrons. The molecule has 0 bridgehead atoms. The maximum atomic E-state index is 4.43. The Bertz CT molecular complexity index is 793. The van der Waals surface area contributed by atoms with E-state index < -0.39 is 5.31 Å². The standard InChI is InChI=1S/C24H24BrP/c1-2-3-4-14-21-26(25,22-15-8-5-9-16-22,23-17-10-6-11-18-23)24-19-12-7-13-20-24/h5-13,15-20H,2,14,21H2,1H3. The molecular formula is C24H24BrP. The van der Waals surface area contributed by atoms with E-state index in [0.717, 1.165) is 19.0 Å². The number of hydrogen-bond acceptors (Lipinski definition) is 0. The van der Waals surface area contributed by atoms with Crippen molar-refractivity contribution in [2.24, 2.45) is 0 Å². The minimum atomic E-state index is -2.77. The van der Waals surface area contributed by atoms with Crippen molar-refractivity contribution in [2.75, 3.05) is 6.16 Å². The van der Waals surface area contributed by atoms with E-state index in [-0.39, 0.29) is 0 Å². The average molecular weight is 423 g/mol. The van der Waals surface area contributed by atoms with Crippen LogP contribution in [0.2, 0.25) is 0 Å². The molecular weight excluding hydrogens is 399 g/mol. The van der Waals surface area contributed by atoms with Crippen LogP contribution in [0.4, 0.5) is 0 Å². The van der Waals surface area contributed by atoms with Crippen LogP contribution in [0.25, 0.3) is 0 Å². The summed E-state index contributed by atoms with van der Waals surface area (Å²) >= 11 is 4.43. The summed E-state index contributed by atoms with van der Waals surface area (Å²) in [5.74, 6) is 6.62. The Morgan fingerprint density at radius 1 is 0.654 bits per heavy atom. The molecule has 3 rings (SSSR count). The second-order valence-electron chi connectivity index (χ2n) is 6.37. The van der Waals surface area contributed by atoms with Crippen LogP contribution in [0.15, 0.2) is 91.0 Å². The van der Waals surface area contributed by atoms with E-state index in [1.807, 2.05) is 0 Å². The SMILES string of the molecule is CCC#CCCP(Br)(c1ccccc1)(c1ccccc1)c1ccccc1. The molecule has 0 amide bonds. The zero-order valence-corrected chi connectivity index (χ0v) is 17.6. The Balaban J connectivity index is 2.31. The number of rotatable bonds is 5. The van der Waals surface area contributed by atoms with E-state index in [1.165, 1.54) is 15.9 Å². The molecule has 0 nitrogen and oxygen atoms in total. The van der Waals surface area contributed by atoms with Gasteiger partial charge in [-0.2, -0.15) is 0 Å². The van der Waals surface area contributed by atoms with Gasteiger partial charge in [0.2, 0.25) is 0 Å². The summed E-state index contributed by atoms with van der Waals surface area (Å²) < 4.78 is 0. The van der Waals surface area contributed by atoms with Gasteiger partial charge in [0.15, 0.2) is 0 Å². The Morgan fingerprint density at radius 3 is 1.38 bits per heavy atom. The van der Waals surface area contributed by atoms with Crippen molar-refractivity contribution in [1.29, 1.82) is 0 Å². The summed E-state index contributed by atoms with van der Waals surface area (Å²) in [6, 6.07) is 32.7. The van der Waals surface area contributed by atoms with Crippen LogP contribution >= 0.6 is 20.8 Å². The molecule has 3 aromatic carbocycles. The third-order valence-corrected chi connectivity index (χ3v) is 14.8. The first kappa shape index (κ1) is 18.9. The summed E-state index contributed by atoms with van der Waals surface area (Å²) in [6.45, 7) is 2.10. The van der Waals surface area contributed by atoms with E-state index in [4.69, 9.17) is 0 Å². The topological polar surface area (TPSA) is 0 Å². The number of halogens is 1. The van der Waals surface area contributed by atoms with Gasteiger partial charge in [-0.25, -0.2) is 0 Å². The van der Waals surface area contributed by atoms with Gasteiger partial charge in [0.1, 0.15) is 0 Å². The molecule has 0 aliphatic rings.